The van der Waals surface area contributed by atoms with Crippen molar-refractivity contribution in [3.8, 4) is 0 Å². The zero-order valence-corrected chi connectivity index (χ0v) is 17.0. The van der Waals surface area contributed by atoms with Crippen LogP contribution in [0, 0.1) is 5.92 Å². The van der Waals surface area contributed by atoms with Crippen molar-refractivity contribution in [2.45, 2.75) is 31.9 Å². The third-order valence-electron chi connectivity index (χ3n) is 5.71. The fraction of sp³-hybridized carbons (Fsp3) is 0.391. The van der Waals surface area contributed by atoms with Gasteiger partial charge in [-0.25, -0.2) is 0 Å². The van der Waals surface area contributed by atoms with E-state index in [9.17, 15) is 14.7 Å². The molecule has 1 heterocycles. The first-order valence-electron chi connectivity index (χ1n) is 10.1. The summed E-state index contributed by atoms with van der Waals surface area (Å²) in [6.07, 6.45) is 1.23. The Hall–Kier alpha value is -2.70. The molecule has 0 saturated carbocycles. The fourth-order valence-corrected chi connectivity index (χ4v) is 3.84. The molecule has 154 valence electrons. The minimum atomic E-state index is -0.463. The van der Waals surface area contributed by atoms with Gasteiger partial charge in [-0.15, -0.1) is 0 Å². The fourth-order valence-electron chi connectivity index (χ4n) is 3.84. The first kappa shape index (κ1) is 21.0. The number of aliphatic hydroxyl groups excluding tert-OH is 1. The molecule has 6 nitrogen and oxygen atoms in total. The van der Waals surface area contributed by atoms with Gasteiger partial charge in [0.15, 0.2) is 0 Å². The number of carbonyl (C=O) groups is 2. The second kappa shape index (κ2) is 9.67. The van der Waals surface area contributed by atoms with Crippen LogP contribution in [0.2, 0.25) is 0 Å². The number of piperidine rings is 1. The number of nitrogens with zero attached hydrogens (tertiary/aromatic N) is 1. The van der Waals surface area contributed by atoms with Crippen LogP contribution < -0.4 is 10.6 Å². The highest BCUT2D eigenvalue weighted by molar-refractivity contribution is 5.98. The lowest BCUT2D eigenvalue weighted by molar-refractivity contribution is -0.121. The van der Waals surface area contributed by atoms with E-state index in [-0.39, 0.29) is 23.8 Å². The van der Waals surface area contributed by atoms with Gasteiger partial charge in [0.1, 0.15) is 0 Å². The first-order chi connectivity index (χ1) is 14.0. The molecule has 29 heavy (non-hydrogen) atoms. The van der Waals surface area contributed by atoms with Gasteiger partial charge >= 0.3 is 0 Å². The number of likely N-dealkylation sites (tertiary alicyclic amines) is 1. The largest absolute Gasteiger partial charge is 0.388 e. The van der Waals surface area contributed by atoms with E-state index in [1.165, 1.54) is 0 Å². The van der Waals surface area contributed by atoms with Crippen LogP contribution in [0.15, 0.2) is 54.6 Å². The summed E-state index contributed by atoms with van der Waals surface area (Å²) in [5.74, 6) is -0.0811. The van der Waals surface area contributed by atoms with Crippen LogP contribution in [0.4, 0.5) is 5.69 Å². The lowest BCUT2D eigenvalue weighted by atomic mass is 9.87. The van der Waals surface area contributed by atoms with Gasteiger partial charge in [-0.2, -0.15) is 0 Å². The molecule has 0 spiro atoms. The third-order valence-corrected chi connectivity index (χ3v) is 5.71. The van der Waals surface area contributed by atoms with Crippen molar-refractivity contribution < 1.29 is 14.7 Å². The summed E-state index contributed by atoms with van der Waals surface area (Å²) in [6.45, 7) is 3.43. The smallest absolute Gasteiger partial charge is 0.251 e. The molecule has 0 aromatic heterocycles. The lowest BCUT2D eigenvalue weighted by Crippen LogP contribution is -2.46. The van der Waals surface area contributed by atoms with Crippen LogP contribution in [0.5, 0.6) is 0 Å². The summed E-state index contributed by atoms with van der Waals surface area (Å²) < 4.78 is 0. The molecule has 1 aliphatic heterocycles. The average molecular weight is 396 g/mol. The maximum absolute atomic E-state index is 12.7. The summed E-state index contributed by atoms with van der Waals surface area (Å²) in [6, 6.07) is 16.4. The van der Waals surface area contributed by atoms with Gasteiger partial charge in [-0.1, -0.05) is 36.4 Å². The van der Waals surface area contributed by atoms with Gasteiger partial charge in [0.2, 0.25) is 5.91 Å². The SMILES string of the molecule is CNC(=O)c1cccc(NC(=O)C(C)N2CCC(C(O)c3ccccc3)CC2)c1. The second-order valence-electron chi connectivity index (χ2n) is 7.55. The molecule has 2 aromatic carbocycles. The van der Waals surface area contributed by atoms with Gasteiger partial charge in [-0.05, 0) is 62.5 Å². The number of amides is 2. The van der Waals surface area contributed by atoms with E-state index in [1.54, 1.807) is 31.3 Å². The second-order valence-corrected chi connectivity index (χ2v) is 7.55. The molecule has 0 radical (unpaired) electrons. The molecule has 1 aliphatic rings. The normalized spacial score (nSPS) is 17.3. The van der Waals surface area contributed by atoms with Crippen molar-refractivity contribution in [1.29, 1.82) is 0 Å². The topological polar surface area (TPSA) is 81.7 Å². The van der Waals surface area contributed by atoms with Crippen molar-refractivity contribution in [1.82, 2.24) is 10.2 Å². The minimum absolute atomic E-state index is 0.0962. The Balaban J connectivity index is 1.54. The van der Waals surface area contributed by atoms with E-state index in [0.717, 1.165) is 31.5 Å². The van der Waals surface area contributed by atoms with Crippen molar-refractivity contribution >= 4 is 17.5 Å². The molecule has 2 amide bonds. The Kier molecular flexibility index (Phi) is 7.01. The van der Waals surface area contributed by atoms with Crippen LogP contribution in [0.3, 0.4) is 0 Å². The molecule has 3 N–H and O–H groups in total. The van der Waals surface area contributed by atoms with Crippen LogP contribution in [0.25, 0.3) is 0 Å². The van der Waals surface area contributed by atoms with Crippen molar-refractivity contribution in [2.75, 3.05) is 25.5 Å². The quantitative estimate of drug-likeness (QED) is 0.703. The Morgan fingerprint density at radius 2 is 1.76 bits per heavy atom. The van der Waals surface area contributed by atoms with Crippen molar-refractivity contribution in [3.63, 3.8) is 0 Å². The summed E-state index contributed by atoms with van der Waals surface area (Å²) in [5.41, 5.74) is 2.07. The summed E-state index contributed by atoms with van der Waals surface area (Å²) in [4.78, 5) is 26.6. The van der Waals surface area contributed by atoms with Crippen LogP contribution >= 0.6 is 0 Å². The Labute approximate surface area is 171 Å². The first-order valence-corrected chi connectivity index (χ1v) is 10.1. The maximum Gasteiger partial charge on any atom is 0.251 e. The number of anilines is 1. The van der Waals surface area contributed by atoms with Gasteiger partial charge in [0.25, 0.3) is 5.91 Å². The van der Waals surface area contributed by atoms with E-state index < -0.39 is 6.10 Å². The predicted molar refractivity (Wildman–Crippen MR) is 114 cm³/mol. The van der Waals surface area contributed by atoms with E-state index in [2.05, 4.69) is 15.5 Å². The minimum Gasteiger partial charge on any atom is -0.388 e. The van der Waals surface area contributed by atoms with Gasteiger partial charge in [0, 0.05) is 18.3 Å². The van der Waals surface area contributed by atoms with Crippen LogP contribution in [-0.2, 0) is 4.79 Å². The summed E-state index contributed by atoms with van der Waals surface area (Å²) >= 11 is 0. The number of benzene rings is 2. The van der Waals surface area contributed by atoms with Gasteiger partial charge in [-0.3, -0.25) is 14.5 Å². The number of nitrogens with one attached hydrogen (secondary N) is 2. The van der Waals surface area contributed by atoms with E-state index in [0.29, 0.717) is 11.3 Å². The lowest BCUT2D eigenvalue weighted by Gasteiger charge is -2.37. The van der Waals surface area contributed by atoms with E-state index in [4.69, 9.17) is 0 Å². The zero-order valence-electron chi connectivity index (χ0n) is 17.0. The molecule has 2 aromatic rings. The van der Waals surface area contributed by atoms with E-state index in [1.807, 2.05) is 37.3 Å². The standard InChI is InChI=1S/C23H29N3O3/c1-16(22(28)25-20-10-6-9-19(15-20)23(29)24-2)26-13-11-18(12-14-26)21(27)17-7-4-3-5-8-17/h3-10,15-16,18,21,27H,11-14H2,1-2H3,(H,24,29)(H,25,28). The highest BCUT2D eigenvalue weighted by atomic mass is 16.3. The maximum atomic E-state index is 12.7. The summed E-state index contributed by atoms with van der Waals surface area (Å²) in [5, 5.41) is 16.1. The molecule has 3 rings (SSSR count). The highest BCUT2D eigenvalue weighted by Gasteiger charge is 2.30. The van der Waals surface area contributed by atoms with Gasteiger partial charge < -0.3 is 15.7 Å². The number of rotatable bonds is 6. The number of hydrogen-bond donors (Lipinski definition) is 3. The molecular formula is C23H29N3O3. The van der Waals surface area contributed by atoms with Crippen LogP contribution in [-0.4, -0.2) is 48.0 Å². The molecule has 0 bridgehead atoms. The molecule has 6 heteroatoms. The Morgan fingerprint density at radius 1 is 1.07 bits per heavy atom. The highest BCUT2D eigenvalue weighted by Crippen LogP contribution is 2.31. The zero-order chi connectivity index (χ0) is 20.8. The molecular weight excluding hydrogens is 366 g/mol. The average Bonchev–Trinajstić information content (AvgIpc) is 2.78. The molecule has 2 atom stereocenters. The molecule has 2 unspecified atom stereocenters. The molecule has 1 fully saturated rings. The number of hydrogen-bond acceptors (Lipinski definition) is 4. The molecule has 0 aliphatic carbocycles. The Bertz CT molecular complexity index is 832. The third kappa shape index (κ3) is 5.22. The van der Waals surface area contributed by atoms with Crippen molar-refractivity contribution in [2.24, 2.45) is 5.92 Å². The van der Waals surface area contributed by atoms with Gasteiger partial charge in [0.05, 0.1) is 12.1 Å². The number of carbonyl (C=O) groups excluding carboxylic acids is 2. The monoisotopic (exact) mass is 395 g/mol. The predicted octanol–water partition coefficient (Wildman–Crippen LogP) is 2.82. The van der Waals surface area contributed by atoms with Crippen LogP contribution in [0.1, 0.15) is 41.8 Å². The summed E-state index contributed by atoms with van der Waals surface area (Å²) in [7, 11) is 1.58. The number of aliphatic hydroxyl groups is 1. The Morgan fingerprint density at radius 3 is 2.41 bits per heavy atom. The van der Waals surface area contributed by atoms with E-state index >= 15 is 0 Å². The van der Waals surface area contributed by atoms with Crippen molar-refractivity contribution in [3.05, 3.63) is 65.7 Å². The molecule has 1 saturated heterocycles.